The second-order valence-corrected chi connectivity index (χ2v) is 8.45. The van der Waals surface area contributed by atoms with Crippen molar-refractivity contribution in [2.24, 2.45) is 11.7 Å². The van der Waals surface area contributed by atoms with Gasteiger partial charge >= 0.3 is 0 Å². The molecule has 1 heterocycles. The Hall–Kier alpha value is -2.78. The molecule has 7 nitrogen and oxygen atoms in total. The Labute approximate surface area is 162 Å². The van der Waals surface area contributed by atoms with Gasteiger partial charge in [-0.1, -0.05) is 18.2 Å². The van der Waals surface area contributed by atoms with Crippen LogP contribution in [0.3, 0.4) is 0 Å². The average Bonchev–Trinajstić information content (AvgIpc) is 2.68. The number of halogens is 1. The molecule has 0 atom stereocenters. The second-order valence-electron chi connectivity index (χ2n) is 6.54. The van der Waals surface area contributed by atoms with E-state index >= 15 is 0 Å². The highest BCUT2D eigenvalue weighted by molar-refractivity contribution is 7.89. The first-order valence-corrected chi connectivity index (χ1v) is 10.2. The van der Waals surface area contributed by atoms with E-state index in [9.17, 15) is 22.4 Å². The Kier molecular flexibility index (Phi) is 5.76. The van der Waals surface area contributed by atoms with Gasteiger partial charge in [-0.2, -0.15) is 4.31 Å². The molecular weight excluding hydrogens is 385 g/mol. The van der Waals surface area contributed by atoms with E-state index in [1.807, 2.05) is 0 Å². The van der Waals surface area contributed by atoms with Crippen LogP contribution >= 0.6 is 0 Å². The molecule has 2 amide bonds. The summed E-state index contributed by atoms with van der Waals surface area (Å²) >= 11 is 0. The zero-order chi connectivity index (χ0) is 20.3. The molecular formula is C19H20FN3O4S. The summed E-state index contributed by atoms with van der Waals surface area (Å²) in [7, 11) is -3.94. The van der Waals surface area contributed by atoms with Crippen LogP contribution in [0, 0.1) is 11.7 Å². The molecule has 0 unspecified atom stereocenters. The van der Waals surface area contributed by atoms with Crippen molar-refractivity contribution in [2.45, 2.75) is 17.7 Å². The molecule has 0 radical (unpaired) electrons. The first-order chi connectivity index (χ1) is 13.3. The van der Waals surface area contributed by atoms with Gasteiger partial charge in [0.25, 0.3) is 0 Å². The molecule has 28 heavy (non-hydrogen) atoms. The van der Waals surface area contributed by atoms with Crippen LogP contribution in [-0.4, -0.2) is 37.6 Å². The number of primary amides is 1. The molecule has 3 N–H and O–H groups in total. The lowest BCUT2D eigenvalue weighted by Gasteiger charge is -2.30. The van der Waals surface area contributed by atoms with Crippen molar-refractivity contribution in [3.8, 4) is 0 Å². The molecule has 1 aliphatic heterocycles. The van der Waals surface area contributed by atoms with Crippen molar-refractivity contribution in [2.75, 3.05) is 18.4 Å². The van der Waals surface area contributed by atoms with Gasteiger partial charge in [-0.05, 0) is 43.2 Å². The van der Waals surface area contributed by atoms with E-state index in [0.717, 1.165) is 6.07 Å². The summed E-state index contributed by atoms with van der Waals surface area (Å²) in [5.41, 5.74) is 5.96. The summed E-state index contributed by atoms with van der Waals surface area (Å²) < 4.78 is 40.3. The molecule has 0 bridgehead atoms. The van der Waals surface area contributed by atoms with E-state index in [0.29, 0.717) is 18.5 Å². The lowest BCUT2D eigenvalue weighted by molar-refractivity contribution is -0.120. The Morgan fingerprint density at radius 3 is 2.39 bits per heavy atom. The van der Waals surface area contributed by atoms with Crippen molar-refractivity contribution >= 4 is 27.5 Å². The van der Waals surface area contributed by atoms with E-state index in [-0.39, 0.29) is 35.4 Å². The standard InChI is InChI=1S/C19H20FN3O4S/c20-16-6-1-2-7-17(16)28(26,27)23-10-8-13(9-11-23)19(25)22-15-5-3-4-14(12-15)18(21)24/h1-7,12-13H,8-11H2,(H2,21,24)(H,22,25). The zero-order valence-electron chi connectivity index (χ0n) is 15.0. The van der Waals surface area contributed by atoms with Crippen molar-refractivity contribution in [1.82, 2.24) is 4.31 Å². The molecule has 3 rings (SSSR count). The molecule has 1 fully saturated rings. The normalized spacial score (nSPS) is 15.9. The van der Waals surface area contributed by atoms with Gasteiger partial charge in [-0.25, -0.2) is 12.8 Å². The second kappa shape index (κ2) is 8.07. The number of rotatable bonds is 5. The maximum Gasteiger partial charge on any atom is 0.248 e. The molecule has 148 valence electrons. The van der Waals surface area contributed by atoms with Crippen molar-refractivity contribution < 1.29 is 22.4 Å². The summed E-state index contributed by atoms with van der Waals surface area (Å²) in [6.45, 7) is 0.242. The van der Waals surface area contributed by atoms with Gasteiger partial charge in [0.2, 0.25) is 21.8 Å². The smallest absolute Gasteiger partial charge is 0.248 e. The van der Waals surface area contributed by atoms with Crippen molar-refractivity contribution in [3.63, 3.8) is 0 Å². The van der Waals surface area contributed by atoms with Crippen LogP contribution in [0.1, 0.15) is 23.2 Å². The third kappa shape index (κ3) is 4.20. The van der Waals surface area contributed by atoms with Crippen LogP contribution in [0.2, 0.25) is 0 Å². The number of benzene rings is 2. The van der Waals surface area contributed by atoms with Gasteiger partial charge in [-0.3, -0.25) is 9.59 Å². The molecule has 2 aromatic rings. The predicted octanol–water partition coefficient (Wildman–Crippen LogP) is 1.96. The van der Waals surface area contributed by atoms with Gasteiger partial charge in [0.05, 0.1) is 0 Å². The molecule has 1 saturated heterocycles. The number of nitrogens with one attached hydrogen (secondary N) is 1. The van der Waals surface area contributed by atoms with Crippen LogP contribution < -0.4 is 11.1 Å². The fourth-order valence-corrected chi connectivity index (χ4v) is 4.68. The molecule has 9 heteroatoms. The van der Waals surface area contributed by atoms with E-state index < -0.39 is 21.7 Å². The number of carbonyl (C=O) groups excluding carboxylic acids is 2. The number of hydrogen-bond acceptors (Lipinski definition) is 4. The van der Waals surface area contributed by atoms with Crippen LogP contribution in [0.15, 0.2) is 53.4 Å². The largest absolute Gasteiger partial charge is 0.366 e. The number of amides is 2. The Bertz CT molecular complexity index is 1000. The number of piperidine rings is 1. The molecule has 0 spiro atoms. The molecule has 2 aromatic carbocycles. The number of carbonyl (C=O) groups is 2. The topological polar surface area (TPSA) is 110 Å². The third-order valence-electron chi connectivity index (χ3n) is 4.69. The van der Waals surface area contributed by atoms with E-state index in [4.69, 9.17) is 5.73 Å². The first-order valence-electron chi connectivity index (χ1n) is 8.74. The third-order valence-corrected chi connectivity index (χ3v) is 6.63. The summed E-state index contributed by atoms with van der Waals surface area (Å²) in [5, 5.41) is 2.73. The molecule has 0 aromatic heterocycles. The zero-order valence-corrected chi connectivity index (χ0v) is 15.8. The van der Waals surface area contributed by atoms with Crippen LogP contribution in [0.5, 0.6) is 0 Å². The number of sulfonamides is 1. The van der Waals surface area contributed by atoms with Gasteiger partial charge in [-0.15, -0.1) is 0 Å². The van der Waals surface area contributed by atoms with Crippen molar-refractivity contribution in [1.29, 1.82) is 0 Å². The maximum absolute atomic E-state index is 13.9. The maximum atomic E-state index is 13.9. The van der Waals surface area contributed by atoms with Gasteiger partial charge in [0.15, 0.2) is 0 Å². The Morgan fingerprint density at radius 1 is 1.07 bits per heavy atom. The van der Waals surface area contributed by atoms with E-state index in [1.165, 1.54) is 28.6 Å². The minimum absolute atomic E-state index is 0.121. The Balaban J connectivity index is 1.64. The molecule has 0 saturated carbocycles. The lowest BCUT2D eigenvalue weighted by Crippen LogP contribution is -2.41. The molecule has 1 aliphatic rings. The summed E-state index contributed by atoms with van der Waals surface area (Å²) in [4.78, 5) is 23.3. The minimum Gasteiger partial charge on any atom is -0.366 e. The highest BCUT2D eigenvalue weighted by atomic mass is 32.2. The average molecular weight is 405 g/mol. The first kappa shape index (κ1) is 20.0. The van der Waals surface area contributed by atoms with Gasteiger partial charge < -0.3 is 11.1 Å². The molecule has 0 aliphatic carbocycles. The summed E-state index contributed by atoms with van der Waals surface area (Å²) in [5.74, 6) is -2.03. The van der Waals surface area contributed by atoms with Crippen LogP contribution in [0.4, 0.5) is 10.1 Å². The number of nitrogens with zero attached hydrogens (tertiary/aromatic N) is 1. The van der Waals surface area contributed by atoms with E-state index in [1.54, 1.807) is 18.2 Å². The van der Waals surface area contributed by atoms with Crippen molar-refractivity contribution in [3.05, 3.63) is 59.9 Å². The monoisotopic (exact) mass is 405 g/mol. The highest BCUT2D eigenvalue weighted by Crippen LogP contribution is 2.26. The lowest BCUT2D eigenvalue weighted by atomic mass is 9.97. The SMILES string of the molecule is NC(=O)c1cccc(NC(=O)C2CCN(S(=O)(=O)c3ccccc3F)CC2)c1. The minimum atomic E-state index is -3.94. The quantitative estimate of drug-likeness (QED) is 0.792. The fourth-order valence-electron chi connectivity index (χ4n) is 3.15. The number of anilines is 1. The highest BCUT2D eigenvalue weighted by Gasteiger charge is 2.33. The van der Waals surface area contributed by atoms with Crippen LogP contribution in [0.25, 0.3) is 0 Å². The summed E-state index contributed by atoms with van der Waals surface area (Å²) in [6.07, 6.45) is 0.629. The fraction of sp³-hybridized carbons (Fsp3) is 0.263. The predicted molar refractivity (Wildman–Crippen MR) is 101 cm³/mol. The number of nitrogens with two attached hydrogens (primary N) is 1. The summed E-state index contributed by atoms with van der Waals surface area (Å²) in [6, 6.07) is 11.5. The number of hydrogen-bond donors (Lipinski definition) is 2. The Morgan fingerprint density at radius 2 is 1.75 bits per heavy atom. The van der Waals surface area contributed by atoms with Crippen LogP contribution in [-0.2, 0) is 14.8 Å². The van der Waals surface area contributed by atoms with Gasteiger partial charge in [0, 0.05) is 30.3 Å². The van der Waals surface area contributed by atoms with Gasteiger partial charge in [0.1, 0.15) is 10.7 Å². The van der Waals surface area contributed by atoms with E-state index in [2.05, 4.69) is 5.32 Å².